The number of esters is 1. The van der Waals surface area contributed by atoms with E-state index in [1.807, 2.05) is 30.3 Å². The molecule has 1 atom stereocenters. The van der Waals surface area contributed by atoms with Crippen LogP contribution in [0.4, 0.5) is 11.4 Å². The van der Waals surface area contributed by atoms with Crippen LogP contribution in [0.3, 0.4) is 0 Å². The molecule has 8 heteroatoms. The quantitative estimate of drug-likeness (QED) is 0.730. The number of benzene rings is 2. The third kappa shape index (κ3) is 5.20. The van der Waals surface area contributed by atoms with Gasteiger partial charge in [-0.05, 0) is 43.3 Å². The molecule has 3 rings (SSSR count). The lowest BCUT2D eigenvalue weighted by atomic mass is 10.2. The van der Waals surface area contributed by atoms with Crippen LogP contribution >= 0.6 is 11.8 Å². The summed E-state index contributed by atoms with van der Waals surface area (Å²) in [5, 5.41) is 5.36. The van der Waals surface area contributed by atoms with Gasteiger partial charge in [-0.15, -0.1) is 0 Å². The number of aliphatic imine (C=N–C) groups is 1. The van der Waals surface area contributed by atoms with Crippen molar-refractivity contribution in [3.8, 4) is 0 Å². The van der Waals surface area contributed by atoms with Crippen LogP contribution in [0.25, 0.3) is 0 Å². The van der Waals surface area contributed by atoms with E-state index in [1.54, 1.807) is 31.2 Å². The summed E-state index contributed by atoms with van der Waals surface area (Å²) in [5.41, 5.74) is 1.68. The summed E-state index contributed by atoms with van der Waals surface area (Å²) in [5.74, 6) is -0.949. The molecule has 1 saturated heterocycles. The predicted octanol–water partition coefficient (Wildman–Crippen LogP) is 3.11. The second-order valence-corrected chi connectivity index (χ2v) is 7.09. The fraction of sp³-hybridized carbons (Fsp3) is 0.200. The average molecular weight is 397 g/mol. The lowest BCUT2D eigenvalue weighted by molar-refractivity contribution is -0.122. The van der Waals surface area contributed by atoms with Crippen LogP contribution in [0.5, 0.6) is 0 Å². The molecule has 1 fully saturated rings. The second kappa shape index (κ2) is 9.18. The molecule has 0 saturated carbocycles. The maximum absolute atomic E-state index is 12.3. The zero-order valence-corrected chi connectivity index (χ0v) is 16.0. The molecule has 0 aliphatic carbocycles. The molecule has 0 spiro atoms. The maximum Gasteiger partial charge on any atom is 0.338 e. The molecule has 1 aliphatic rings. The number of carbonyl (C=O) groups excluding carboxylic acids is 3. The van der Waals surface area contributed by atoms with E-state index in [1.165, 1.54) is 11.8 Å². The van der Waals surface area contributed by atoms with E-state index >= 15 is 0 Å². The van der Waals surface area contributed by atoms with Crippen molar-refractivity contribution < 1.29 is 19.1 Å². The number of amidine groups is 1. The third-order valence-corrected chi connectivity index (χ3v) is 4.90. The number of nitrogens with zero attached hydrogens (tertiary/aromatic N) is 1. The number of hydrogen-bond acceptors (Lipinski definition) is 6. The van der Waals surface area contributed by atoms with Crippen molar-refractivity contribution in [2.45, 2.75) is 18.6 Å². The Labute approximate surface area is 166 Å². The highest BCUT2D eigenvalue weighted by Gasteiger charge is 2.32. The number of para-hydroxylation sites is 1. The summed E-state index contributed by atoms with van der Waals surface area (Å²) in [6, 6.07) is 15.7. The smallest absolute Gasteiger partial charge is 0.338 e. The Kier molecular flexibility index (Phi) is 6.44. The Morgan fingerprint density at radius 1 is 1.14 bits per heavy atom. The Morgan fingerprint density at radius 3 is 2.54 bits per heavy atom. The van der Waals surface area contributed by atoms with E-state index in [0.29, 0.717) is 23.0 Å². The first kappa shape index (κ1) is 19.6. The van der Waals surface area contributed by atoms with Crippen LogP contribution < -0.4 is 10.6 Å². The molecule has 7 nitrogen and oxygen atoms in total. The maximum atomic E-state index is 12.3. The first-order chi connectivity index (χ1) is 13.5. The number of rotatable bonds is 6. The number of nitrogens with one attached hydrogen (secondary N) is 2. The minimum absolute atomic E-state index is 0.0178. The van der Waals surface area contributed by atoms with Crippen molar-refractivity contribution in [2.75, 3.05) is 11.9 Å². The molecule has 1 heterocycles. The summed E-state index contributed by atoms with van der Waals surface area (Å²) < 4.78 is 4.92. The topological polar surface area (TPSA) is 96.9 Å². The average Bonchev–Trinajstić information content (AvgIpc) is 3.02. The second-order valence-electron chi connectivity index (χ2n) is 5.90. The standard InChI is InChI=1S/C20H19N3O4S/c1-2-27-19(26)13-8-10-15(11-9-13)21-17(24)12-16-18(25)23-20(28-16)22-14-6-4-3-5-7-14/h3-11,16H,2,12H2,1H3,(H,21,24)(H,22,23,25). The number of hydrogen-bond donors (Lipinski definition) is 2. The van der Waals surface area contributed by atoms with Crippen LogP contribution in [0.15, 0.2) is 59.6 Å². The number of thioether (sulfide) groups is 1. The summed E-state index contributed by atoms with van der Waals surface area (Å²) >= 11 is 1.23. The van der Waals surface area contributed by atoms with Gasteiger partial charge in [0.15, 0.2) is 5.17 Å². The van der Waals surface area contributed by atoms with Crippen molar-refractivity contribution in [1.29, 1.82) is 0 Å². The number of anilines is 1. The van der Waals surface area contributed by atoms with Crippen LogP contribution in [-0.4, -0.2) is 34.8 Å². The van der Waals surface area contributed by atoms with Gasteiger partial charge in [-0.25, -0.2) is 9.79 Å². The van der Waals surface area contributed by atoms with Gasteiger partial charge in [0, 0.05) is 12.1 Å². The first-order valence-corrected chi connectivity index (χ1v) is 9.61. The minimum atomic E-state index is -0.540. The molecule has 2 N–H and O–H groups in total. The Hall–Kier alpha value is -3.13. The Bertz CT molecular complexity index is 897. The van der Waals surface area contributed by atoms with Gasteiger partial charge in [-0.3, -0.25) is 9.59 Å². The van der Waals surface area contributed by atoms with Crippen molar-refractivity contribution in [1.82, 2.24) is 5.32 Å². The largest absolute Gasteiger partial charge is 0.462 e. The summed E-state index contributed by atoms with van der Waals surface area (Å²) in [4.78, 5) is 40.4. The molecule has 2 amide bonds. The van der Waals surface area contributed by atoms with Crippen LogP contribution in [0.1, 0.15) is 23.7 Å². The van der Waals surface area contributed by atoms with E-state index < -0.39 is 11.2 Å². The molecule has 2 aromatic rings. The highest BCUT2D eigenvalue weighted by atomic mass is 32.2. The molecule has 0 aromatic heterocycles. The van der Waals surface area contributed by atoms with Crippen LogP contribution in [0, 0.1) is 0 Å². The zero-order valence-electron chi connectivity index (χ0n) is 15.2. The summed E-state index contributed by atoms with van der Waals surface area (Å²) in [7, 11) is 0. The Morgan fingerprint density at radius 2 is 1.86 bits per heavy atom. The van der Waals surface area contributed by atoms with Crippen molar-refractivity contribution in [3.05, 3.63) is 60.2 Å². The monoisotopic (exact) mass is 397 g/mol. The fourth-order valence-electron chi connectivity index (χ4n) is 2.50. The fourth-order valence-corrected chi connectivity index (χ4v) is 3.48. The number of ether oxygens (including phenoxy) is 1. The van der Waals surface area contributed by atoms with Gasteiger partial charge in [0.05, 0.1) is 17.9 Å². The first-order valence-electron chi connectivity index (χ1n) is 8.73. The van der Waals surface area contributed by atoms with Gasteiger partial charge in [0.1, 0.15) is 5.25 Å². The van der Waals surface area contributed by atoms with Crippen molar-refractivity contribution in [3.63, 3.8) is 0 Å². The van der Waals surface area contributed by atoms with Gasteiger partial charge in [-0.2, -0.15) is 0 Å². The lowest BCUT2D eigenvalue weighted by Crippen LogP contribution is -2.28. The zero-order chi connectivity index (χ0) is 19.9. The molecule has 1 aliphatic heterocycles. The molecular formula is C20H19N3O4S. The summed E-state index contributed by atoms with van der Waals surface area (Å²) in [6.07, 6.45) is 0.0178. The number of amides is 2. The van der Waals surface area contributed by atoms with Gasteiger partial charge in [-0.1, -0.05) is 30.0 Å². The molecule has 1 unspecified atom stereocenters. The van der Waals surface area contributed by atoms with Gasteiger partial charge >= 0.3 is 5.97 Å². The van der Waals surface area contributed by atoms with Gasteiger partial charge in [0.2, 0.25) is 11.8 Å². The van der Waals surface area contributed by atoms with Crippen molar-refractivity contribution in [2.24, 2.45) is 4.99 Å². The van der Waals surface area contributed by atoms with E-state index in [-0.39, 0.29) is 18.2 Å². The van der Waals surface area contributed by atoms with Crippen LogP contribution in [0.2, 0.25) is 0 Å². The highest BCUT2D eigenvalue weighted by molar-refractivity contribution is 8.15. The van der Waals surface area contributed by atoms with E-state index in [2.05, 4.69) is 15.6 Å². The predicted molar refractivity (Wildman–Crippen MR) is 109 cm³/mol. The third-order valence-electron chi connectivity index (χ3n) is 3.81. The molecule has 0 bridgehead atoms. The minimum Gasteiger partial charge on any atom is -0.462 e. The molecule has 144 valence electrons. The van der Waals surface area contributed by atoms with Crippen molar-refractivity contribution >= 4 is 46.1 Å². The molecule has 28 heavy (non-hydrogen) atoms. The lowest BCUT2D eigenvalue weighted by Gasteiger charge is -2.08. The van der Waals surface area contributed by atoms with Crippen LogP contribution in [-0.2, 0) is 14.3 Å². The molecule has 0 radical (unpaired) electrons. The molecular weight excluding hydrogens is 378 g/mol. The van der Waals surface area contributed by atoms with Gasteiger partial charge < -0.3 is 15.4 Å². The van der Waals surface area contributed by atoms with E-state index in [4.69, 9.17) is 4.74 Å². The summed E-state index contributed by atoms with van der Waals surface area (Å²) in [6.45, 7) is 2.04. The number of carbonyl (C=O) groups is 3. The Balaban J connectivity index is 1.55. The van der Waals surface area contributed by atoms with E-state index in [0.717, 1.165) is 5.69 Å². The normalized spacial score (nSPS) is 17.2. The van der Waals surface area contributed by atoms with Gasteiger partial charge in [0.25, 0.3) is 0 Å². The van der Waals surface area contributed by atoms with E-state index in [9.17, 15) is 14.4 Å². The highest BCUT2D eigenvalue weighted by Crippen LogP contribution is 2.25. The molecule has 2 aromatic carbocycles. The SMILES string of the molecule is CCOC(=O)c1ccc(NC(=O)CC2SC(=Nc3ccccc3)NC2=O)cc1.